The number of amides is 1. The van der Waals surface area contributed by atoms with Crippen LogP contribution >= 0.6 is 15.9 Å². The van der Waals surface area contributed by atoms with Crippen LogP contribution in [0.25, 0.3) is 0 Å². The molecule has 0 radical (unpaired) electrons. The van der Waals surface area contributed by atoms with Crippen molar-refractivity contribution in [1.29, 1.82) is 0 Å². The molecule has 0 saturated heterocycles. The third-order valence-electron chi connectivity index (χ3n) is 4.17. The Kier molecular flexibility index (Phi) is 6.73. The molecule has 0 spiro atoms. The number of benzene rings is 2. The number of carbonyl (C=O) groups is 1. The van der Waals surface area contributed by atoms with Crippen molar-refractivity contribution in [3.05, 3.63) is 82.2 Å². The van der Waals surface area contributed by atoms with Gasteiger partial charge in [-0.1, -0.05) is 30.3 Å². The van der Waals surface area contributed by atoms with Gasteiger partial charge in [0.05, 0.1) is 21.3 Å². The molecule has 0 atom stereocenters. The van der Waals surface area contributed by atoms with Crippen LogP contribution in [-0.4, -0.2) is 27.1 Å². The molecule has 0 aliphatic carbocycles. The first-order chi connectivity index (χ1) is 14.3. The Morgan fingerprint density at radius 2 is 1.87 bits per heavy atom. The van der Waals surface area contributed by atoms with Crippen molar-refractivity contribution < 1.29 is 17.6 Å². The van der Waals surface area contributed by atoms with Gasteiger partial charge >= 0.3 is 0 Å². The predicted octanol–water partition coefficient (Wildman–Crippen LogP) is 4.00. The number of rotatable bonds is 7. The molecule has 0 fully saturated rings. The third-order valence-corrected chi connectivity index (χ3v) is 6.74. The van der Waals surface area contributed by atoms with Gasteiger partial charge in [0.1, 0.15) is 18.1 Å². The highest BCUT2D eigenvalue weighted by atomic mass is 79.9. The first-order valence-corrected chi connectivity index (χ1v) is 11.2. The number of anilines is 1. The molecular weight excluding hydrogens is 470 g/mol. The number of aryl methyl sites for hydroxylation is 2. The minimum absolute atomic E-state index is 0.0960. The number of sulfonamides is 1. The summed E-state index contributed by atoms with van der Waals surface area (Å²) in [5, 5.41) is 3.85. The van der Waals surface area contributed by atoms with Crippen molar-refractivity contribution in [1.82, 2.24) is 5.43 Å². The third kappa shape index (κ3) is 5.17. The van der Waals surface area contributed by atoms with Crippen molar-refractivity contribution in [2.45, 2.75) is 18.7 Å². The molecule has 3 aromatic rings. The molecule has 30 heavy (non-hydrogen) atoms. The maximum atomic E-state index is 13.2. The number of furan rings is 1. The second-order valence-electron chi connectivity index (χ2n) is 6.51. The fraction of sp³-hybridized carbons (Fsp3) is 0.143. The topological polar surface area (TPSA) is 92.0 Å². The van der Waals surface area contributed by atoms with Crippen molar-refractivity contribution in [2.75, 3.05) is 10.8 Å². The number of hydrazone groups is 1. The molecule has 156 valence electrons. The molecule has 0 aliphatic rings. The van der Waals surface area contributed by atoms with Gasteiger partial charge in [-0.15, -0.1) is 0 Å². The van der Waals surface area contributed by atoms with Crippen LogP contribution in [0.3, 0.4) is 0 Å². The predicted molar refractivity (Wildman–Crippen MR) is 119 cm³/mol. The highest BCUT2D eigenvalue weighted by Crippen LogP contribution is 2.24. The maximum absolute atomic E-state index is 13.2. The lowest BCUT2D eigenvalue weighted by atomic mass is 10.2. The van der Waals surface area contributed by atoms with Crippen molar-refractivity contribution in [3.8, 4) is 0 Å². The largest absolute Gasteiger partial charge is 0.459 e. The summed E-state index contributed by atoms with van der Waals surface area (Å²) in [6.45, 7) is 3.21. The molecule has 9 heteroatoms. The first kappa shape index (κ1) is 21.8. The SMILES string of the molecule is Cc1cccc(N(CC(=O)N/N=C/c2cc(Br)c(C)o2)S(=O)(=O)c2ccccc2)c1. The molecule has 7 nitrogen and oxygen atoms in total. The van der Waals surface area contributed by atoms with E-state index in [1.165, 1.54) is 18.3 Å². The molecule has 0 saturated carbocycles. The Balaban J connectivity index is 1.83. The second kappa shape index (κ2) is 9.27. The zero-order valence-corrected chi connectivity index (χ0v) is 18.8. The smallest absolute Gasteiger partial charge is 0.264 e. The van der Waals surface area contributed by atoms with Crippen LogP contribution in [0.5, 0.6) is 0 Å². The summed E-state index contributed by atoms with van der Waals surface area (Å²) in [5.74, 6) is 0.545. The summed E-state index contributed by atoms with van der Waals surface area (Å²) in [6, 6.07) is 16.6. The number of hydrogen-bond acceptors (Lipinski definition) is 5. The fourth-order valence-electron chi connectivity index (χ4n) is 2.70. The van der Waals surface area contributed by atoms with E-state index in [0.717, 1.165) is 14.3 Å². The Hall–Kier alpha value is -2.91. The van der Waals surface area contributed by atoms with E-state index in [1.54, 1.807) is 49.4 Å². The van der Waals surface area contributed by atoms with Gasteiger partial charge in [0.25, 0.3) is 15.9 Å². The van der Waals surface area contributed by atoms with E-state index >= 15 is 0 Å². The van der Waals surface area contributed by atoms with Crippen LogP contribution in [0.15, 0.2) is 79.6 Å². The average molecular weight is 490 g/mol. The van der Waals surface area contributed by atoms with Gasteiger partial charge in [-0.2, -0.15) is 5.10 Å². The zero-order chi connectivity index (χ0) is 21.7. The van der Waals surface area contributed by atoms with Gasteiger partial charge in [0.2, 0.25) is 0 Å². The Labute approximate surface area is 183 Å². The van der Waals surface area contributed by atoms with Gasteiger partial charge in [-0.05, 0) is 59.6 Å². The average Bonchev–Trinajstić information content (AvgIpc) is 3.04. The molecule has 0 bridgehead atoms. The van der Waals surface area contributed by atoms with Gasteiger partial charge in [-0.25, -0.2) is 13.8 Å². The number of hydrogen-bond donors (Lipinski definition) is 1. The summed E-state index contributed by atoms with van der Waals surface area (Å²) >= 11 is 3.33. The first-order valence-electron chi connectivity index (χ1n) is 8.99. The van der Waals surface area contributed by atoms with E-state index in [4.69, 9.17) is 4.42 Å². The van der Waals surface area contributed by atoms with E-state index in [0.29, 0.717) is 17.2 Å². The van der Waals surface area contributed by atoms with Crippen LogP contribution in [0.1, 0.15) is 17.1 Å². The van der Waals surface area contributed by atoms with Crippen LogP contribution in [0, 0.1) is 13.8 Å². The molecule has 0 aliphatic heterocycles. The van der Waals surface area contributed by atoms with Crippen LogP contribution in [0.2, 0.25) is 0 Å². The Bertz CT molecular complexity index is 1150. The number of nitrogens with zero attached hydrogens (tertiary/aromatic N) is 2. The van der Waals surface area contributed by atoms with E-state index in [9.17, 15) is 13.2 Å². The lowest BCUT2D eigenvalue weighted by Gasteiger charge is -2.24. The van der Waals surface area contributed by atoms with E-state index in [1.807, 2.05) is 13.0 Å². The highest BCUT2D eigenvalue weighted by Gasteiger charge is 2.27. The monoisotopic (exact) mass is 489 g/mol. The van der Waals surface area contributed by atoms with Gasteiger partial charge < -0.3 is 4.42 Å². The van der Waals surface area contributed by atoms with Crippen LogP contribution in [0.4, 0.5) is 5.69 Å². The minimum Gasteiger partial charge on any atom is -0.459 e. The standard InChI is InChI=1S/C21H20BrN3O4S/c1-15-7-6-8-17(11-15)25(30(27,28)19-9-4-3-5-10-19)14-21(26)24-23-13-18-12-20(22)16(2)29-18/h3-13H,14H2,1-2H3,(H,24,26)/b23-13+. The summed E-state index contributed by atoms with van der Waals surface area (Å²) < 4.78 is 33.7. The molecule has 1 aromatic heterocycles. The van der Waals surface area contributed by atoms with Crippen molar-refractivity contribution >= 4 is 43.8 Å². The quantitative estimate of drug-likeness (QED) is 0.400. The van der Waals surface area contributed by atoms with Gasteiger partial charge in [0.15, 0.2) is 0 Å². The lowest BCUT2D eigenvalue weighted by molar-refractivity contribution is -0.119. The Morgan fingerprint density at radius 3 is 2.50 bits per heavy atom. The highest BCUT2D eigenvalue weighted by molar-refractivity contribution is 9.10. The van der Waals surface area contributed by atoms with Crippen LogP contribution < -0.4 is 9.73 Å². The molecule has 1 heterocycles. The Morgan fingerprint density at radius 1 is 1.13 bits per heavy atom. The lowest BCUT2D eigenvalue weighted by Crippen LogP contribution is -2.39. The summed E-state index contributed by atoms with van der Waals surface area (Å²) in [5.41, 5.74) is 3.61. The van der Waals surface area contributed by atoms with E-state index in [2.05, 4.69) is 26.5 Å². The van der Waals surface area contributed by atoms with Crippen molar-refractivity contribution in [2.24, 2.45) is 5.10 Å². The fourth-order valence-corrected chi connectivity index (χ4v) is 4.44. The normalized spacial score (nSPS) is 11.6. The molecule has 2 aromatic carbocycles. The van der Waals surface area contributed by atoms with E-state index in [-0.39, 0.29) is 4.90 Å². The molecule has 3 rings (SSSR count). The summed E-state index contributed by atoms with van der Waals surface area (Å²) in [7, 11) is -3.95. The molecular formula is C21H20BrN3O4S. The van der Waals surface area contributed by atoms with Crippen LogP contribution in [-0.2, 0) is 14.8 Å². The number of carbonyl (C=O) groups excluding carboxylic acids is 1. The zero-order valence-electron chi connectivity index (χ0n) is 16.4. The summed E-state index contributed by atoms with van der Waals surface area (Å²) in [4.78, 5) is 12.6. The second-order valence-corrected chi connectivity index (χ2v) is 9.23. The molecule has 0 unspecified atom stereocenters. The van der Waals surface area contributed by atoms with Gasteiger partial charge in [0, 0.05) is 6.07 Å². The molecule has 1 N–H and O–H groups in total. The number of halogens is 1. The van der Waals surface area contributed by atoms with Crippen molar-refractivity contribution in [3.63, 3.8) is 0 Å². The molecule has 1 amide bonds. The maximum Gasteiger partial charge on any atom is 0.264 e. The number of nitrogens with one attached hydrogen (secondary N) is 1. The van der Waals surface area contributed by atoms with E-state index < -0.39 is 22.5 Å². The van der Waals surface area contributed by atoms with Gasteiger partial charge in [-0.3, -0.25) is 9.10 Å². The summed E-state index contributed by atoms with van der Waals surface area (Å²) in [6.07, 6.45) is 1.35. The minimum atomic E-state index is -3.95.